The van der Waals surface area contributed by atoms with Crippen molar-refractivity contribution >= 4 is 102 Å². The average Bonchev–Trinajstić information content (AvgIpc) is 1.54. The second-order valence-corrected chi connectivity index (χ2v) is 47.6. The Morgan fingerprint density at radius 3 is 1.18 bits per heavy atom. The van der Waals surface area contributed by atoms with E-state index in [-0.39, 0.29) is 86.6 Å². The van der Waals surface area contributed by atoms with Gasteiger partial charge in [0.05, 0.1) is 64.1 Å². The van der Waals surface area contributed by atoms with E-state index in [2.05, 4.69) is 92.7 Å². The molecule has 0 bridgehead atoms. The van der Waals surface area contributed by atoms with Gasteiger partial charge in [-0.1, -0.05) is 64.6 Å². The van der Waals surface area contributed by atoms with Gasteiger partial charge >= 0.3 is 88.7 Å². The zero-order valence-corrected chi connectivity index (χ0v) is 76.1. The van der Waals surface area contributed by atoms with Gasteiger partial charge in [-0.15, -0.1) is 0 Å². The fourth-order valence-electron chi connectivity index (χ4n) is 14.1. The van der Waals surface area contributed by atoms with Crippen molar-refractivity contribution in [3.05, 3.63) is 327 Å². The third-order valence-corrected chi connectivity index (χ3v) is 27.6. The summed E-state index contributed by atoms with van der Waals surface area (Å²) in [5, 5.41) is 10.5. The van der Waals surface area contributed by atoms with Crippen molar-refractivity contribution < 1.29 is 60.0 Å². The third-order valence-electron chi connectivity index (χ3n) is 20.8. The van der Waals surface area contributed by atoms with Gasteiger partial charge in [-0.25, -0.2) is 46.3 Å². The zero-order valence-electron chi connectivity index (χ0n) is 68.7. The molecule has 1 unspecified atom stereocenters. The van der Waals surface area contributed by atoms with Gasteiger partial charge in [0.2, 0.25) is 0 Å². The Kier molecular flexibility index (Phi) is 28.0. The van der Waals surface area contributed by atoms with Crippen LogP contribution in [0.3, 0.4) is 0 Å². The third kappa shape index (κ3) is 20.7. The summed E-state index contributed by atoms with van der Waals surface area (Å²) in [5.41, 5.74) is 11.3. The van der Waals surface area contributed by atoms with Gasteiger partial charge in [-0.05, 0) is 160 Å². The number of halogens is 11. The van der Waals surface area contributed by atoms with E-state index in [0.717, 1.165) is 76.9 Å². The summed E-state index contributed by atoms with van der Waals surface area (Å²) in [7, 11) is 0. The normalized spacial score (nSPS) is 14.0. The van der Waals surface area contributed by atoms with Crippen LogP contribution in [0.5, 0.6) is 17.2 Å². The Morgan fingerprint density at radius 2 is 0.776 bits per heavy atom. The van der Waals surface area contributed by atoms with Gasteiger partial charge in [0.15, 0.2) is 29.0 Å². The number of ketones is 3. The number of hydrogen-bond acceptors (Lipinski definition) is 20. The molecular weight excluding hydrogens is 1880 g/mol. The molecule has 23 nitrogen and oxygen atoms in total. The van der Waals surface area contributed by atoms with Crippen LogP contribution in [0.25, 0.3) is 39.8 Å². The monoisotopic (exact) mass is 1950 g/mol. The summed E-state index contributed by atoms with van der Waals surface area (Å²) in [5.74, 6) is -4.41. The molecule has 1 N–H and O–H groups in total. The summed E-state index contributed by atoms with van der Waals surface area (Å²) < 4.78 is 103. The number of nitrogens with zero attached hydrogens (tertiary/aromatic N) is 13. The molecule has 642 valence electrons. The SMILES string of the molecule is Cc1cnc(-c2ccc3c(n2)C(=O)CC3)cc1-n1c(C)cc(OCc2ncc(F)cc2F)c(Cl)c1=O.Cc1cnc(-c2ccc3c(n2)C(C)(O)CC3)cc1-n1c(C)cc(OCc2ncc(F)cc2F)c(Cl)c1=O.Cc1cnc(Br)cc1-n1c(C)cc(OCc2ncc(F)cc2F)c(Cl)c1=O.O=C1CCc2ccc(Cl)nc21.[CH3][Sn]([CH3])([CH3])[c]1ccc2c(n1)C(=O)CC2. The van der Waals surface area contributed by atoms with Crippen molar-refractivity contribution in [3.8, 4) is 57.1 Å². The minimum absolute atomic E-state index is 0.00402. The van der Waals surface area contributed by atoms with E-state index in [1.807, 2.05) is 38.1 Å². The van der Waals surface area contributed by atoms with Crippen molar-refractivity contribution in [1.82, 2.24) is 63.5 Å². The molecule has 13 aromatic heterocycles. The summed E-state index contributed by atoms with van der Waals surface area (Å²) in [6.45, 7) is 11.4. The van der Waals surface area contributed by atoms with Crippen molar-refractivity contribution in [2.45, 2.75) is 140 Å². The van der Waals surface area contributed by atoms with Crippen LogP contribution >= 0.6 is 62.3 Å². The Balaban J connectivity index is 0.000000142. The molecule has 0 aliphatic heterocycles. The molecule has 35 heteroatoms. The van der Waals surface area contributed by atoms with Crippen LogP contribution in [0.15, 0.2) is 159 Å². The number of Topliss-reactive ketones (excluding diaryl/α,β-unsaturated/α-hetero) is 3. The number of carbonyl (C=O) groups is 3. The van der Waals surface area contributed by atoms with E-state index in [1.54, 1.807) is 102 Å². The molecule has 0 saturated heterocycles. The van der Waals surface area contributed by atoms with Crippen LogP contribution in [0.1, 0.15) is 143 Å². The number of aryl methyl sites for hydroxylation is 10. The molecule has 13 aromatic rings. The summed E-state index contributed by atoms with van der Waals surface area (Å²) >= 11 is 25.7. The maximum atomic E-state index is 13.9. The van der Waals surface area contributed by atoms with Crippen LogP contribution in [-0.4, -0.2) is 104 Å². The average molecular weight is 1950 g/mol. The second kappa shape index (κ2) is 38.3. The Morgan fingerprint density at radius 1 is 0.416 bits per heavy atom. The summed E-state index contributed by atoms with van der Waals surface area (Å²) in [4.78, 5) is 123. The number of carbonyl (C=O) groups excluding carboxylic acids is 3. The molecule has 0 fully saturated rings. The minimum atomic E-state index is -2.08. The first-order valence-electron chi connectivity index (χ1n) is 38.9. The van der Waals surface area contributed by atoms with Crippen molar-refractivity contribution in [1.29, 1.82) is 0 Å². The first-order chi connectivity index (χ1) is 59.3. The Labute approximate surface area is 744 Å². The second-order valence-electron chi connectivity index (χ2n) is 31.0. The van der Waals surface area contributed by atoms with Crippen LogP contribution in [0, 0.1) is 76.4 Å². The van der Waals surface area contributed by atoms with E-state index < -0.39 is 75.6 Å². The van der Waals surface area contributed by atoms with Crippen LogP contribution in [0.2, 0.25) is 35.0 Å². The fraction of sp³-hybridized carbons (Fsp3) is 0.244. The fourth-order valence-corrected chi connectivity index (χ4v) is 18.1. The van der Waals surface area contributed by atoms with Crippen LogP contribution in [0.4, 0.5) is 26.3 Å². The first kappa shape index (κ1) is 91.4. The predicted molar refractivity (Wildman–Crippen MR) is 465 cm³/mol. The maximum absolute atomic E-state index is 13.9. The molecule has 1 atom stereocenters. The quantitative estimate of drug-likeness (QED) is 0.0566. The van der Waals surface area contributed by atoms with Gasteiger partial charge in [0, 0.05) is 84.9 Å². The molecule has 125 heavy (non-hydrogen) atoms. The van der Waals surface area contributed by atoms with Gasteiger partial charge in [0.25, 0.3) is 16.7 Å². The molecule has 13 heterocycles. The predicted octanol–water partition coefficient (Wildman–Crippen LogP) is 18.1. The van der Waals surface area contributed by atoms with E-state index in [0.29, 0.717) is 140 Å². The van der Waals surface area contributed by atoms with Gasteiger partial charge in [0.1, 0.15) is 113 Å². The molecule has 0 saturated carbocycles. The topological polar surface area (TPSA) is 294 Å². The number of aliphatic hydroxyl groups is 1. The molecular formula is C90H76BrCl4F6N13O10Sn. The van der Waals surface area contributed by atoms with Crippen molar-refractivity contribution in [3.63, 3.8) is 0 Å². The zero-order chi connectivity index (χ0) is 89.9. The van der Waals surface area contributed by atoms with Crippen LogP contribution < -0.4 is 34.6 Å². The Hall–Kier alpha value is -11.3. The number of pyridine rings is 13. The molecule has 0 radical (unpaired) electrons. The van der Waals surface area contributed by atoms with Gasteiger partial charge < -0.3 is 19.3 Å². The number of hydrogen-bond donors (Lipinski definition) is 1. The molecule has 4 aliphatic carbocycles. The molecule has 17 rings (SSSR count). The van der Waals surface area contributed by atoms with E-state index >= 15 is 0 Å². The number of ether oxygens (including phenoxy) is 3. The molecule has 0 aromatic carbocycles. The van der Waals surface area contributed by atoms with Gasteiger partial charge in [-0.3, -0.25) is 62.6 Å². The number of rotatable bonds is 15. The van der Waals surface area contributed by atoms with Crippen molar-refractivity contribution in [2.24, 2.45) is 0 Å². The number of fused-ring (bicyclic) bond motifs is 4. The van der Waals surface area contributed by atoms with Gasteiger partial charge in [-0.2, -0.15) is 0 Å². The van der Waals surface area contributed by atoms with Crippen LogP contribution in [-0.2, 0) is 51.1 Å². The van der Waals surface area contributed by atoms with E-state index in [1.165, 1.54) is 17.4 Å². The van der Waals surface area contributed by atoms with Crippen molar-refractivity contribution in [2.75, 3.05) is 0 Å². The molecule has 4 aliphatic rings. The summed E-state index contributed by atoms with van der Waals surface area (Å²) in [6.07, 6.45) is 13.0. The van der Waals surface area contributed by atoms with E-state index in [9.17, 15) is 60.2 Å². The van der Waals surface area contributed by atoms with E-state index in [4.69, 9.17) is 60.6 Å². The first-order valence-corrected chi connectivity index (χ1v) is 51.2. The molecule has 0 spiro atoms. The number of aromatic nitrogens is 13. The summed E-state index contributed by atoms with van der Waals surface area (Å²) in [6, 6.07) is 27.3. The standard InChI is InChI=1S/C27H23ClF2N4O3.C26H19ClF2N4O3.C18H13BrClF2N3O2.C8H6ClNO.C8H6NO.3CH3.Sn/c1-14-11-31-20(19-5-4-16-6-7-27(3,36)25(16)33-19)10-22(14)34-15(2)8-23(24(28)26(34)35)37-13-21-18(30)9-17(29)12-32-21;1-13-10-30-19(18-5-3-15-4-6-22(34)25(15)32-18)9-21(13)33-14(2)7-23(24(27)26(33)35)36-12-20-17(29)8-16(28)11-31-20;1-9-6-24-16(19)5-14(9)25-10(2)3-15(17(20)18(25)26)27-8-13-12(22)4-11(21)7-23-13;9-7-4-2-5-1-3-6(11)8(5)10-7;10-7-4-3-6-2-1-5-9-8(6)7;;;;/h4-5,8-12,36H,6-7,13H2,1-3H3;3,5,7-11H,4,6,12H2,1-2H3;3-7H,8H2,1-2H3;2,4H,1,3H2;1-2H,3-4H2;3*1H3;. The molecule has 0 amide bonds. The Bertz CT molecular complexity index is 6720.